The van der Waals surface area contributed by atoms with E-state index in [0.29, 0.717) is 17.2 Å². The molecule has 1 aromatic carbocycles. The first-order valence-electron chi connectivity index (χ1n) is 9.23. The Labute approximate surface area is 163 Å². The summed E-state index contributed by atoms with van der Waals surface area (Å²) in [6, 6.07) is 8.04. The van der Waals surface area contributed by atoms with Crippen LogP contribution in [-0.2, 0) is 11.8 Å². The Hall–Kier alpha value is -3.62. The summed E-state index contributed by atoms with van der Waals surface area (Å²) in [5.74, 6) is 3.27. The van der Waals surface area contributed by atoms with Crippen molar-refractivity contribution in [3.63, 3.8) is 0 Å². The zero-order valence-corrected chi connectivity index (χ0v) is 15.6. The highest BCUT2D eigenvalue weighted by molar-refractivity contribution is 5.88. The maximum atomic E-state index is 11.0. The Morgan fingerprint density at radius 2 is 2.11 bits per heavy atom. The van der Waals surface area contributed by atoms with E-state index < -0.39 is 0 Å². The molecular formula is C21H20N6O. The van der Waals surface area contributed by atoms with Gasteiger partial charge in [-0.3, -0.25) is 0 Å². The van der Waals surface area contributed by atoms with Crippen LogP contribution in [0.3, 0.4) is 0 Å². The van der Waals surface area contributed by atoms with Crippen LogP contribution in [0.4, 0.5) is 5.69 Å². The number of nitrogens with one attached hydrogen (secondary N) is 1. The Kier molecular flexibility index (Phi) is 4.79. The van der Waals surface area contributed by atoms with Gasteiger partial charge in [-0.25, -0.2) is 4.79 Å². The number of dihydropyridines is 1. The Bertz CT molecular complexity index is 1040. The van der Waals surface area contributed by atoms with Crippen molar-refractivity contribution in [2.45, 2.75) is 18.8 Å². The van der Waals surface area contributed by atoms with E-state index >= 15 is 0 Å². The molecule has 2 aliphatic heterocycles. The maximum absolute atomic E-state index is 11.0. The molecule has 0 spiro atoms. The molecule has 0 aliphatic carbocycles. The van der Waals surface area contributed by atoms with Crippen LogP contribution in [-0.4, -0.2) is 33.8 Å². The molecule has 1 aromatic heterocycles. The summed E-state index contributed by atoms with van der Waals surface area (Å²) in [4.78, 5) is 13.3. The van der Waals surface area contributed by atoms with E-state index in [1.54, 1.807) is 18.6 Å². The number of piperidine rings is 1. The van der Waals surface area contributed by atoms with Crippen molar-refractivity contribution >= 4 is 17.2 Å². The average Bonchev–Trinajstić information content (AvgIpc) is 3.19. The minimum atomic E-state index is 0.365. The number of nitriles is 1. The molecule has 2 aromatic rings. The van der Waals surface area contributed by atoms with Crippen molar-refractivity contribution < 1.29 is 4.79 Å². The lowest BCUT2D eigenvalue weighted by atomic mass is 9.92. The summed E-state index contributed by atoms with van der Waals surface area (Å²) >= 11 is 0. The van der Waals surface area contributed by atoms with E-state index in [-0.39, 0.29) is 0 Å². The number of aryl methyl sites for hydroxylation is 1. The van der Waals surface area contributed by atoms with E-state index in [9.17, 15) is 10.1 Å². The molecule has 4 rings (SSSR count). The first-order chi connectivity index (χ1) is 13.7. The number of aromatic nitrogens is 3. The van der Waals surface area contributed by atoms with Gasteiger partial charge in [0.25, 0.3) is 0 Å². The van der Waals surface area contributed by atoms with Crippen LogP contribution in [0.1, 0.15) is 35.7 Å². The average molecular weight is 372 g/mol. The van der Waals surface area contributed by atoms with Crippen LogP contribution >= 0.6 is 0 Å². The molecule has 0 amide bonds. The van der Waals surface area contributed by atoms with E-state index in [0.717, 1.165) is 48.6 Å². The van der Waals surface area contributed by atoms with Gasteiger partial charge in [0.2, 0.25) is 0 Å². The van der Waals surface area contributed by atoms with E-state index in [1.165, 1.54) is 0 Å². The fraction of sp³-hybridized carbons (Fsp3) is 0.286. The largest absolute Gasteiger partial charge is 0.370 e. The van der Waals surface area contributed by atoms with E-state index in [2.05, 4.69) is 26.5 Å². The fourth-order valence-corrected chi connectivity index (χ4v) is 3.92. The molecule has 1 fully saturated rings. The second kappa shape index (κ2) is 7.55. The lowest BCUT2D eigenvalue weighted by Crippen LogP contribution is -2.34. The Morgan fingerprint density at radius 3 is 2.79 bits per heavy atom. The van der Waals surface area contributed by atoms with Crippen molar-refractivity contribution in [1.82, 2.24) is 20.1 Å². The van der Waals surface area contributed by atoms with Gasteiger partial charge in [0.15, 0.2) is 5.94 Å². The normalized spacial score (nSPS) is 16.9. The quantitative estimate of drug-likeness (QED) is 0.832. The summed E-state index contributed by atoms with van der Waals surface area (Å²) in [5, 5.41) is 20.8. The van der Waals surface area contributed by atoms with Gasteiger partial charge in [-0.1, -0.05) is 12.1 Å². The zero-order valence-electron chi connectivity index (χ0n) is 15.6. The lowest BCUT2D eigenvalue weighted by molar-refractivity contribution is 0.474. The van der Waals surface area contributed by atoms with Gasteiger partial charge < -0.3 is 14.8 Å². The SMILES string of the molecule is Cn1cnnc1C1CCN(c2c(C#N)cccc2C2=CC(=C=O)NC=C2)CC1. The van der Waals surface area contributed by atoms with Crippen molar-refractivity contribution in [3.05, 3.63) is 65.5 Å². The zero-order chi connectivity index (χ0) is 19.5. The van der Waals surface area contributed by atoms with Gasteiger partial charge in [-0.2, -0.15) is 5.26 Å². The van der Waals surface area contributed by atoms with Crippen LogP contribution in [0.25, 0.3) is 5.57 Å². The molecule has 0 bridgehead atoms. The summed E-state index contributed by atoms with van der Waals surface area (Å²) in [5.41, 5.74) is 3.77. The first-order valence-corrected chi connectivity index (χ1v) is 9.23. The molecule has 1 saturated heterocycles. The van der Waals surface area contributed by atoms with E-state index in [1.807, 2.05) is 41.8 Å². The number of allylic oxidation sites excluding steroid dienone is 3. The number of benzene rings is 1. The molecule has 0 saturated carbocycles. The third kappa shape index (κ3) is 3.22. The molecule has 7 heteroatoms. The third-order valence-electron chi connectivity index (χ3n) is 5.30. The van der Waals surface area contributed by atoms with Crippen molar-refractivity contribution in [2.75, 3.05) is 18.0 Å². The highest BCUT2D eigenvalue weighted by Crippen LogP contribution is 2.36. The Morgan fingerprint density at radius 1 is 1.29 bits per heavy atom. The van der Waals surface area contributed by atoms with Gasteiger partial charge in [0, 0.05) is 37.8 Å². The van der Waals surface area contributed by atoms with Crippen LogP contribution in [0.2, 0.25) is 0 Å². The monoisotopic (exact) mass is 372 g/mol. The number of hydrogen-bond acceptors (Lipinski definition) is 6. The smallest absolute Gasteiger partial charge is 0.150 e. The lowest BCUT2D eigenvalue weighted by Gasteiger charge is -2.35. The van der Waals surface area contributed by atoms with Crippen LogP contribution in [0.5, 0.6) is 0 Å². The molecular weight excluding hydrogens is 352 g/mol. The maximum Gasteiger partial charge on any atom is 0.150 e. The van der Waals surface area contributed by atoms with Crippen LogP contribution in [0.15, 0.2) is 48.6 Å². The number of carbonyl (C=O) groups excluding carboxylic acids is 1. The molecule has 140 valence electrons. The molecule has 0 radical (unpaired) electrons. The molecule has 2 aliphatic rings. The fourth-order valence-electron chi connectivity index (χ4n) is 3.92. The molecule has 7 nitrogen and oxygen atoms in total. The number of anilines is 1. The molecule has 1 N–H and O–H groups in total. The van der Waals surface area contributed by atoms with Gasteiger partial charge in [0.1, 0.15) is 23.9 Å². The van der Waals surface area contributed by atoms with Gasteiger partial charge in [-0.15, -0.1) is 10.2 Å². The standard InChI is InChI=1S/C21H20N6O/c1-26-14-24-25-21(26)15-6-9-27(10-7-15)20-17(12-22)3-2-4-19(20)16-5-8-23-18(11-16)13-28/h2-5,8,11,14-15,23H,6-7,9-10H2,1H3. The van der Waals surface area contributed by atoms with Crippen LogP contribution < -0.4 is 10.2 Å². The summed E-state index contributed by atoms with van der Waals surface area (Å²) < 4.78 is 1.98. The van der Waals surface area contributed by atoms with Gasteiger partial charge in [0.05, 0.1) is 11.3 Å². The van der Waals surface area contributed by atoms with Gasteiger partial charge in [-0.05, 0) is 36.6 Å². The molecule has 3 heterocycles. The second-order valence-electron chi connectivity index (χ2n) is 6.97. The predicted molar refractivity (Wildman–Crippen MR) is 106 cm³/mol. The third-order valence-corrected chi connectivity index (χ3v) is 5.30. The molecule has 0 atom stereocenters. The van der Waals surface area contributed by atoms with Crippen molar-refractivity contribution in [1.29, 1.82) is 5.26 Å². The number of hydrogen-bond donors (Lipinski definition) is 1. The summed E-state index contributed by atoms with van der Waals surface area (Å²) in [6.07, 6.45) is 9.02. The highest BCUT2D eigenvalue weighted by atomic mass is 16.1. The molecule has 0 unspecified atom stereocenters. The topological polar surface area (TPSA) is 86.8 Å². The van der Waals surface area contributed by atoms with Crippen LogP contribution in [0, 0.1) is 11.3 Å². The van der Waals surface area contributed by atoms with E-state index in [4.69, 9.17) is 0 Å². The summed E-state index contributed by atoms with van der Waals surface area (Å²) in [6.45, 7) is 1.66. The summed E-state index contributed by atoms with van der Waals surface area (Å²) in [7, 11) is 1.97. The van der Waals surface area contributed by atoms with Gasteiger partial charge >= 0.3 is 0 Å². The highest BCUT2D eigenvalue weighted by Gasteiger charge is 2.27. The predicted octanol–water partition coefficient (Wildman–Crippen LogP) is 2.29. The second-order valence-corrected chi connectivity index (χ2v) is 6.97. The number of nitrogens with zero attached hydrogens (tertiary/aromatic N) is 5. The first kappa shape index (κ1) is 17.8. The minimum absolute atomic E-state index is 0.365. The van der Waals surface area contributed by atoms with Crippen molar-refractivity contribution in [3.8, 4) is 6.07 Å². The Balaban J connectivity index is 1.66. The number of para-hydroxylation sites is 1. The number of rotatable bonds is 3. The molecule has 28 heavy (non-hydrogen) atoms. The van der Waals surface area contributed by atoms with Crippen molar-refractivity contribution in [2.24, 2.45) is 7.05 Å². The minimum Gasteiger partial charge on any atom is -0.370 e.